The Morgan fingerprint density at radius 3 is 2.75 bits per heavy atom. The molecule has 1 aliphatic rings. The van der Waals surface area contributed by atoms with Crippen LogP contribution in [0.5, 0.6) is 11.5 Å². The van der Waals surface area contributed by atoms with Crippen molar-refractivity contribution in [3.63, 3.8) is 0 Å². The van der Waals surface area contributed by atoms with E-state index in [2.05, 4.69) is 10.3 Å². The van der Waals surface area contributed by atoms with E-state index in [-0.39, 0.29) is 12.7 Å². The maximum absolute atomic E-state index is 12.2. The molecule has 3 aromatic rings. The summed E-state index contributed by atoms with van der Waals surface area (Å²) >= 11 is 1.39. The quantitative estimate of drug-likeness (QED) is 0.781. The molecule has 0 bridgehead atoms. The van der Waals surface area contributed by atoms with Crippen molar-refractivity contribution in [2.75, 3.05) is 12.1 Å². The summed E-state index contributed by atoms with van der Waals surface area (Å²) in [6.45, 7) is 2.23. The molecule has 0 unspecified atom stereocenters. The molecule has 1 N–H and O–H groups in total. The Bertz CT molecular complexity index is 903. The van der Waals surface area contributed by atoms with Gasteiger partial charge in [0.15, 0.2) is 16.6 Å². The fraction of sp³-hybridized carbons (Fsp3) is 0.111. The molecule has 120 valence electrons. The molecule has 1 amide bonds. The highest BCUT2D eigenvalue weighted by Crippen LogP contribution is 2.36. The van der Waals surface area contributed by atoms with Crippen LogP contribution in [-0.2, 0) is 0 Å². The Kier molecular flexibility index (Phi) is 3.66. The van der Waals surface area contributed by atoms with Gasteiger partial charge in [-0.3, -0.25) is 10.1 Å². The number of amides is 1. The van der Waals surface area contributed by atoms with Gasteiger partial charge in [0, 0.05) is 16.5 Å². The van der Waals surface area contributed by atoms with Gasteiger partial charge in [0.25, 0.3) is 5.91 Å². The second-order valence-electron chi connectivity index (χ2n) is 5.43. The Morgan fingerprint density at radius 2 is 1.92 bits per heavy atom. The molecule has 24 heavy (non-hydrogen) atoms. The predicted molar refractivity (Wildman–Crippen MR) is 92.8 cm³/mol. The average molecular weight is 338 g/mol. The lowest BCUT2D eigenvalue weighted by atomic mass is 10.1. The van der Waals surface area contributed by atoms with Crippen LogP contribution in [0.2, 0.25) is 0 Å². The zero-order valence-electron chi connectivity index (χ0n) is 12.9. The van der Waals surface area contributed by atoms with Crippen molar-refractivity contribution >= 4 is 22.4 Å². The van der Waals surface area contributed by atoms with E-state index in [1.165, 1.54) is 11.3 Å². The van der Waals surface area contributed by atoms with Gasteiger partial charge in [-0.15, -0.1) is 11.3 Å². The maximum atomic E-state index is 12.2. The van der Waals surface area contributed by atoms with Crippen LogP contribution in [0.3, 0.4) is 0 Å². The summed E-state index contributed by atoms with van der Waals surface area (Å²) in [6.07, 6.45) is 0. The molecule has 6 heteroatoms. The van der Waals surface area contributed by atoms with Gasteiger partial charge in [0.1, 0.15) is 0 Å². The van der Waals surface area contributed by atoms with Crippen molar-refractivity contribution < 1.29 is 14.3 Å². The first kappa shape index (κ1) is 14.7. The number of anilines is 1. The van der Waals surface area contributed by atoms with Gasteiger partial charge in [-0.25, -0.2) is 4.98 Å². The maximum Gasteiger partial charge on any atom is 0.257 e. The van der Waals surface area contributed by atoms with Crippen LogP contribution in [0.4, 0.5) is 5.13 Å². The molecule has 0 fully saturated rings. The highest BCUT2D eigenvalue weighted by Gasteiger charge is 2.15. The zero-order chi connectivity index (χ0) is 16.5. The third-order valence-electron chi connectivity index (χ3n) is 3.71. The van der Waals surface area contributed by atoms with Gasteiger partial charge in [-0.2, -0.15) is 0 Å². The van der Waals surface area contributed by atoms with E-state index >= 15 is 0 Å². The van der Waals surface area contributed by atoms with Gasteiger partial charge in [0.05, 0.1) is 5.69 Å². The molecular weight excluding hydrogens is 324 g/mol. The Balaban J connectivity index is 1.52. The number of hydrogen-bond acceptors (Lipinski definition) is 5. The number of thiazole rings is 1. The largest absolute Gasteiger partial charge is 0.454 e. The molecule has 1 aliphatic heterocycles. The van der Waals surface area contributed by atoms with Crippen molar-refractivity contribution in [2.24, 2.45) is 0 Å². The van der Waals surface area contributed by atoms with Gasteiger partial charge in [-0.1, -0.05) is 17.7 Å². The van der Waals surface area contributed by atoms with Crippen LogP contribution in [0.15, 0.2) is 47.8 Å². The van der Waals surface area contributed by atoms with Crippen LogP contribution in [0, 0.1) is 6.92 Å². The van der Waals surface area contributed by atoms with E-state index in [1.54, 1.807) is 12.1 Å². The standard InChI is InChI=1S/C18H14N2O3S/c1-11-2-4-12(5-3-11)17(21)20-18-19-14(9-24-18)13-6-7-15-16(8-13)23-10-22-15/h2-9H,10H2,1H3,(H,19,20,21). The molecule has 0 radical (unpaired) electrons. The average Bonchev–Trinajstić information content (AvgIpc) is 3.23. The normalized spacial score (nSPS) is 12.2. The molecule has 0 atom stereocenters. The van der Waals surface area contributed by atoms with E-state index in [0.29, 0.717) is 16.4 Å². The zero-order valence-corrected chi connectivity index (χ0v) is 13.7. The number of hydrogen-bond donors (Lipinski definition) is 1. The van der Waals surface area contributed by atoms with Crippen molar-refractivity contribution in [2.45, 2.75) is 6.92 Å². The first-order valence-electron chi connectivity index (χ1n) is 7.42. The van der Waals surface area contributed by atoms with Crippen LogP contribution >= 0.6 is 11.3 Å². The fourth-order valence-corrected chi connectivity index (χ4v) is 3.11. The third-order valence-corrected chi connectivity index (χ3v) is 4.46. The summed E-state index contributed by atoms with van der Waals surface area (Å²) < 4.78 is 10.7. The highest BCUT2D eigenvalue weighted by atomic mass is 32.1. The topological polar surface area (TPSA) is 60.5 Å². The monoisotopic (exact) mass is 338 g/mol. The Hall–Kier alpha value is -2.86. The molecule has 2 aromatic carbocycles. The van der Waals surface area contributed by atoms with E-state index in [0.717, 1.165) is 22.6 Å². The first-order chi connectivity index (χ1) is 11.7. The number of ether oxygens (including phenoxy) is 2. The lowest BCUT2D eigenvalue weighted by molar-refractivity contribution is 0.102. The van der Waals surface area contributed by atoms with E-state index in [9.17, 15) is 4.79 Å². The second kappa shape index (κ2) is 5.98. The van der Waals surface area contributed by atoms with E-state index in [1.807, 2.05) is 42.6 Å². The van der Waals surface area contributed by atoms with Crippen LogP contribution in [0.1, 0.15) is 15.9 Å². The van der Waals surface area contributed by atoms with E-state index in [4.69, 9.17) is 9.47 Å². The molecule has 4 rings (SSSR count). The molecule has 2 heterocycles. The van der Waals surface area contributed by atoms with Crippen LogP contribution < -0.4 is 14.8 Å². The number of benzene rings is 2. The number of aryl methyl sites for hydroxylation is 1. The second-order valence-corrected chi connectivity index (χ2v) is 6.28. The summed E-state index contributed by atoms with van der Waals surface area (Å²) in [5, 5.41) is 5.30. The summed E-state index contributed by atoms with van der Waals surface area (Å²) in [6, 6.07) is 13.1. The summed E-state index contributed by atoms with van der Waals surface area (Å²) in [4.78, 5) is 16.7. The van der Waals surface area contributed by atoms with Crippen molar-refractivity contribution in [1.82, 2.24) is 4.98 Å². The molecule has 0 saturated carbocycles. The highest BCUT2D eigenvalue weighted by molar-refractivity contribution is 7.14. The minimum absolute atomic E-state index is 0.165. The minimum atomic E-state index is -0.165. The summed E-state index contributed by atoms with van der Waals surface area (Å²) in [7, 11) is 0. The Morgan fingerprint density at radius 1 is 1.12 bits per heavy atom. The number of carbonyl (C=O) groups is 1. The van der Waals surface area contributed by atoms with Crippen molar-refractivity contribution in [3.05, 3.63) is 59.0 Å². The van der Waals surface area contributed by atoms with Gasteiger partial charge < -0.3 is 9.47 Å². The third kappa shape index (κ3) is 2.83. The number of fused-ring (bicyclic) bond motifs is 1. The summed E-state index contributed by atoms with van der Waals surface area (Å²) in [5.41, 5.74) is 3.44. The summed E-state index contributed by atoms with van der Waals surface area (Å²) in [5.74, 6) is 1.29. The number of rotatable bonds is 3. The smallest absolute Gasteiger partial charge is 0.257 e. The molecule has 0 aliphatic carbocycles. The fourth-order valence-electron chi connectivity index (χ4n) is 2.39. The van der Waals surface area contributed by atoms with Crippen LogP contribution in [-0.4, -0.2) is 17.7 Å². The first-order valence-corrected chi connectivity index (χ1v) is 8.30. The molecule has 0 spiro atoms. The van der Waals surface area contributed by atoms with Gasteiger partial charge >= 0.3 is 0 Å². The van der Waals surface area contributed by atoms with Gasteiger partial charge in [-0.05, 0) is 37.3 Å². The predicted octanol–water partition coefficient (Wildman–Crippen LogP) is 4.10. The number of carbonyl (C=O) groups excluding carboxylic acids is 1. The lowest BCUT2D eigenvalue weighted by Crippen LogP contribution is -2.11. The van der Waals surface area contributed by atoms with E-state index < -0.39 is 0 Å². The number of nitrogens with zero attached hydrogens (tertiary/aromatic N) is 1. The van der Waals surface area contributed by atoms with Crippen LogP contribution in [0.25, 0.3) is 11.3 Å². The molecule has 5 nitrogen and oxygen atoms in total. The minimum Gasteiger partial charge on any atom is -0.454 e. The molecule has 1 aromatic heterocycles. The number of aromatic nitrogens is 1. The molecular formula is C18H14N2O3S. The van der Waals surface area contributed by atoms with Gasteiger partial charge in [0.2, 0.25) is 6.79 Å². The van der Waals surface area contributed by atoms with Crippen molar-refractivity contribution in [1.29, 1.82) is 0 Å². The molecule has 0 saturated heterocycles. The Labute approximate surface area is 142 Å². The number of nitrogens with one attached hydrogen (secondary N) is 1. The van der Waals surface area contributed by atoms with Crippen molar-refractivity contribution in [3.8, 4) is 22.8 Å². The SMILES string of the molecule is Cc1ccc(C(=O)Nc2nc(-c3ccc4c(c3)OCO4)cs2)cc1. The lowest BCUT2D eigenvalue weighted by Gasteiger charge is -2.02.